The summed E-state index contributed by atoms with van der Waals surface area (Å²) in [5.41, 5.74) is 9.78. The Morgan fingerprint density at radius 3 is 2.44 bits per heavy atom. The molecule has 2 aliphatic heterocycles. The number of nitrogens with zero attached hydrogens (tertiary/aromatic N) is 2. The maximum atomic E-state index is 14.7. The number of rotatable bonds is 14. The summed E-state index contributed by atoms with van der Waals surface area (Å²) in [6.07, 6.45) is 0.855. The number of phenolic OH excluding ortho intramolecular Hbond substituents is 2. The quantitative estimate of drug-likeness (QED) is 0.0562. The number of anilines is 2. The monoisotopic (exact) mass is 936 g/mol. The topological polar surface area (TPSA) is 320 Å². The Morgan fingerprint density at radius 2 is 1.75 bits per heavy atom. The van der Waals surface area contributed by atoms with Gasteiger partial charge in [0.2, 0.25) is 0 Å². The van der Waals surface area contributed by atoms with E-state index in [9.17, 15) is 55.5 Å². The standard InChI is InChI=1S/C49H56N6O13/c50-38-8-4-14-48(38,27-6-2-1-3-7-27)20-31-28-18-35(59)36(67-49(66)46(63)45(62)44(61)37(23-57)68-49)19-33(28)55(43(31)47(64)65)40(60)13-11-25-10-12-34(58)29(16-25)30-17-26(22-56)32(42-41(30)53-24-54-42)21-52-39-9-5-15-51-39/h1-3,5-7,9-13,15-16,18-19,24,26,30-32,37-38,43-46,51-52,56-59,61-63,66H,4,8,14,17,20-23,50H2,(H,53,54)(H,64,65). The molecule has 1 saturated heterocycles. The minimum Gasteiger partial charge on any atom is -0.508 e. The number of fused-ring (bicyclic) bond motifs is 2. The Bertz CT molecular complexity index is 2640. The van der Waals surface area contributed by atoms with Crippen LogP contribution in [0.3, 0.4) is 0 Å². The fourth-order valence-electron chi connectivity index (χ4n) is 11.1. The number of aromatic hydroxyl groups is 2. The lowest BCUT2D eigenvalue weighted by Crippen LogP contribution is -2.67. The van der Waals surface area contributed by atoms with E-state index in [4.69, 9.17) is 15.2 Å². The lowest BCUT2D eigenvalue weighted by Gasteiger charge is -2.44. The second-order valence-corrected chi connectivity index (χ2v) is 18.4. The van der Waals surface area contributed by atoms with Crippen molar-refractivity contribution in [2.24, 2.45) is 11.7 Å². The molecule has 4 heterocycles. The van der Waals surface area contributed by atoms with Gasteiger partial charge >= 0.3 is 11.9 Å². The van der Waals surface area contributed by atoms with Crippen LogP contribution in [0.25, 0.3) is 6.08 Å². The average Bonchev–Trinajstić information content (AvgIpc) is 4.17. The van der Waals surface area contributed by atoms with Crippen LogP contribution in [0.2, 0.25) is 0 Å². The summed E-state index contributed by atoms with van der Waals surface area (Å²) in [4.78, 5) is 40.4. The van der Waals surface area contributed by atoms with Gasteiger partial charge in [-0.2, -0.15) is 0 Å². The molecule has 2 aliphatic carbocycles. The van der Waals surface area contributed by atoms with Gasteiger partial charge in [-0.05, 0) is 84.7 Å². The molecule has 9 rings (SSSR count). The lowest BCUT2D eigenvalue weighted by molar-refractivity contribution is -0.422. The molecule has 12 atom stereocenters. The maximum Gasteiger partial charge on any atom is 0.355 e. The van der Waals surface area contributed by atoms with Crippen LogP contribution in [-0.2, 0) is 19.7 Å². The van der Waals surface area contributed by atoms with Gasteiger partial charge in [-0.25, -0.2) is 9.78 Å². The molecule has 0 bridgehead atoms. The number of amides is 1. The van der Waals surface area contributed by atoms with E-state index >= 15 is 0 Å². The van der Waals surface area contributed by atoms with Crippen molar-refractivity contribution in [1.29, 1.82) is 0 Å². The first-order chi connectivity index (χ1) is 32.7. The van der Waals surface area contributed by atoms with E-state index in [0.29, 0.717) is 36.9 Å². The fourth-order valence-corrected chi connectivity index (χ4v) is 11.1. The Labute approximate surface area is 390 Å². The summed E-state index contributed by atoms with van der Waals surface area (Å²) >= 11 is 0. The number of ether oxygens (including phenoxy) is 2. The predicted octanol–water partition coefficient (Wildman–Crippen LogP) is 2.42. The molecule has 0 radical (unpaired) electrons. The molecule has 5 aromatic rings. The van der Waals surface area contributed by atoms with Gasteiger partial charge in [-0.1, -0.05) is 42.8 Å². The average molecular weight is 937 g/mol. The number of aliphatic carboxylic acids is 1. The molecular weight excluding hydrogens is 881 g/mol. The van der Waals surface area contributed by atoms with Crippen molar-refractivity contribution < 1.29 is 65.0 Å². The lowest BCUT2D eigenvalue weighted by atomic mass is 9.68. The van der Waals surface area contributed by atoms with Gasteiger partial charge in [0.25, 0.3) is 5.91 Å². The van der Waals surface area contributed by atoms with E-state index in [1.165, 1.54) is 24.3 Å². The maximum absolute atomic E-state index is 14.7. The van der Waals surface area contributed by atoms with Crippen LogP contribution in [0.15, 0.2) is 91.4 Å². The highest BCUT2D eigenvalue weighted by Crippen LogP contribution is 2.55. The summed E-state index contributed by atoms with van der Waals surface area (Å²) in [5.74, 6) is -7.51. The second kappa shape index (κ2) is 18.7. The van der Waals surface area contributed by atoms with Gasteiger partial charge in [-0.3, -0.25) is 9.69 Å². The molecule has 68 heavy (non-hydrogen) atoms. The third-order valence-corrected chi connectivity index (χ3v) is 14.6. The van der Waals surface area contributed by atoms with Gasteiger partial charge in [0.1, 0.15) is 35.9 Å². The first-order valence-corrected chi connectivity index (χ1v) is 22.7. The van der Waals surface area contributed by atoms with Crippen molar-refractivity contribution in [3.63, 3.8) is 0 Å². The third-order valence-electron chi connectivity index (χ3n) is 14.6. The molecular formula is C49H56N6O13. The van der Waals surface area contributed by atoms with E-state index in [0.717, 1.165) is 40.2 Å². The summed E-state index contributed by atoms with van der Waals surface area (Å²) in [7, 11) is 0. The number of aromatic amines is 2. The van der Waals surface area contributed by atoms with Gasteiger partial charge in [-0.15, -0.1) is 0 Å². The zero-order chi connectivity index (χ0) is 48.1. The number of carboxylic acids is 1. The number of aromatic nitrogens is 3. The molecule has 2 fully saturated rings. The van der Waals surface area contributed by atoms with Crippen molar-refractivity contribution in [3.8, 4) is 17.2 Å². The smallest absolute Gasteiger partial charge is 0.355 e. The molecule has 1 saturated carbocycles. The van der Waals surface area contributed by atoms with Gasteiger partial charge in [0, 0.05) is 72.0 Å². The second-order valence-electron chi connectivity index (χ2n) is 18.4. The van der Waals surface area contributed by atoms with Gasteiger partial charge < -0.3 is 76.5 Å². The van der Waals surface area contributed by atoms with Crippen LogP contribution in [0.4, 0.5) is 11.5 Å². The molecule has 4 aliphatic rings. The van der Waals surface area contributed by atoms with Crippen LogP contribution in [0.1, 0.15) is 83.5 Å². The third kappa shape index (κ3) is 8.27. The van der Waals surface area contributed by atoms with Crippen LogP contribution in [0.5, 0.6) is 17.2 Å². The van der Waals surface area contributed by atoms with Crippen molar-refractivity contribution in [3.05, 3.63) is 125 Å². The predicted molar refractivity (Wildman–Crippen MR) is 245 cm³/mol. The number of imidazole rings is 1. The van der Waals surface area contributed by atoms with Crippen LogP contribution in [0, 0.1) is 5.92 Å². The SMILES string of the molecule is NC1CCCC1(CC1c2cc(O)c(OC3(O)OC(CO)C(O)C(O)C3O)cc2N(C(=O)C=Cc2ccc(O)c(C3CC(CO)C(CNc4ccc[nH]4)c4nc[nH]c43)c2)C1C(=O)O)c1ccccc1. The summed E-state index contributed by atoms with van der Waals surface area (Å²) in [6.45, 7) is -0.549. The van der Waals surface area contributed by atoms with E-state index < -0.39 is 83.7 Å². The van der Waals surface area contributed by atoms with Crippen molar-refractivity contribution in [2.75, 3.05) is 30.0 Å². The van der Waals surface area contributed by atoms with Crippen LogP contribution < -0.4 is 20.7 Å². The fraction of sp³-hybridized carbons (Fsp3) is 0.408. The first-order valence-electron chi connectivity index (χ1n) is 22.7. The van der Waals surface area contributed by atoms with Crippen molar-refractivity contribution in [1.82, 2.24) is 15.0 Å². The van der Waals surface area contributed by atoms with E-state index in [1.807, 2.05) is 42.5 Å². The number of nitrogens with one attached hydrogen (secondary N) is 3. The minimum absolute atomic E-state index is 0.0215. The Hall–Kier alpha value is -6.29. The number of hydrogen-bond donors (Lipinski definition) is 13. The minimum atomic E-state index is -3.14. The molecule has 2 aromatic heterocycles. The number of H-pyrrole nitrogens is 2. The highest BCUT2D eigenvalue weighted by atomic mass is 16.8. The number of phenols is 2. The highest BCUT2D eigenvalue weighted by Gasteiger charge is 2.57. The summed E-state index contributed by atoms with van der Waals surface area (Å²) in [5, 5.41) is 101. The Balaban J connectivity index is 1.07. The summed E-state index contributed by atoms with van der Waals surface area (Å²) in [6, 6.07) is 18.5. The number of aliphatic hydroxyl groups excluding tert-OH is 5. The van der Waals surface area contributed by atoms with Gasteiger partial charge in [0.05, 0.1) is 24.3 Å². The number of aliphatic hydroxyl groups is 6. The van der Waals surface area contributed by atoms with Gasteiger partial charge in [0.15, 0.2) is 17.6 Å². The Kier molecular flexibility index (Phi) is 12.8. The molecule has 19 heteroatoms. The Morgan fingerprint density at radius 1 is 0.956 bits per heavy atom. The largest absolute Gasteiger partial charge is 0.508 e. The normalized spacial score (nSPS) is 31.1. The number of nitrogens with two attached hydrogens (primary N) is 1. The zero-order valence-electron chi connectivity index (χ0n) is 36.8. The highest BCUT2D eigenvalue weighted by molar-refractivity contribution is 6.10. The number of carboxylic acid groups (broad SMARTS) is 1. The molecule has 1 amide bonds. The molecule has 360 valence electrons. The van der Waals surface area contributed by atoms with E-state index in [2.05, 4.69) is 20.3 Å². The van der Waals surface area contributed by atoms with Crippen molar-refractivity contribution in [2.45, 2.75) is 97.7 Å². The molecule has 12 unspecified atom stereocenters. The van der Waals surface area contributed by atoms with Crippen LogP contribution >= 0.6 is 0 Å². The number of hydrogen-bond acceptors (Lipinski definition) is 15. The molecule has 19 nitrogen and oxygen atoms in total. The van der Waals surface area contributed by atoms with Crippen LogP contribution in [-0.4, -0.2) is 135 Å². The van der Waals surface area contributed by atoms with Crippen molar-refractivity contribution >= 4 is 29.5 Å². The first kappa shape index (κ1) is 46.8. The number of benzene rings is 3. The zero-order valence-corrected chi connectivity index (χ0v) is 36.8. The van der Waals surface area contributed by atoms with E-state index in [-0.39, 0.29) is 47.9 Å². The molecule has 0 spiro atoms. The molecule has 3 aromatic carbocycles. The van der Waals surface area contributed by atoms with E-state index in [1.54, 1.807) is 24.7 Å². The number of carbonyl (C=O) groups is 2. The summed E-state index contributed by atoms with van der Waals surface area (Å²) < 4.78 is 10.9. The molecule has 14 N–H and O–H groups in total. The number of carbonyl (C=O) groups excluding carboxylic acids is 1.